The van der Waals surface area contributed by atoms with Gasteiger partial charge in [0.05, 0.1) is 17.2 Å². The number of hydrogen-bond acceptors (Lipinski definition) is 6. The molecule has 0 spiro atoms. The second kappa shape index (κ2) is 10.8. The number of hydrogen-bond donors (Lipinski definition) is 2. The van der Waals surface area contributed by atoms with Crippen LogP contribution in [0.15, 0.2) is 89.8 Å². The van der Waals surface area contributed by atoms with E-state index in [1.807, 2.05) is 37.3 Å². The molecule has 2 N–H and O–H groups in total. The third kappa shape index (κ3) is 5.81. The standard InChI is InChI=1S/C27H24N2O5S2/c1-3-34-27(31)25-23(17-24(35-25)19-7-5-4-6-8-19)28-26(30)20-11-13-21(14-12-20)29-36(32,33)22-15-9-18(2)10-16-22/h4-17,29H,3H2,1-2H3,(H,28,30). The summed E-state index contributed by atoms with van der Waals surface area (Å²) in [6.45, 7) is 3.81. The fourth-order valence-corrected chi connectivity index (χ4v) is 5.46. The number of carbonyl (C=O) groups is 2. The van der Waals surface area contributed by atoms with Gasteiger partial charge in [0.2, 0.25) is 0 Å². The summed E-state index contributed by atoms with van der Waals surface area (Å²) >= 11 is 1.24. The maximum atomic E-state index is 12.9. The number of benzene rings is 3. The molecule has 4 aromatic rings. The Kier molecular flexibility index (Phi) is 7.52. The van der Waals surface area contributed by atoms with Gasteiger partial charge in [-0.15, -0.1) is 11.3 Å². The van der Waals surface area contributed by atoms with Crippen molar-refractivity contribution in [2.75, 3.05) is 16.6 Å². The minimum absolute atomic E-state index is 0.146. The summed E-state index contributed by atoms with van der Waals surface area (Å²) in [6.07, 6.45) is 0. The van der Waals surface area contributed by atoms with Crippen LogP contribution in [0.1, 0.15) is 32.5 Å². The first-order valence-corrected chi connectivity index (χ1v) is 13.4. The molecule has 4 rings (SSSR count). The van der Waals surface area contributed by atoms with E-state index < -0.39 is 21.9 Å². The number of anilines is 2. The van der Waals surface area contributed by atoms with E-state index in [0.717, 1.165) is 16.0 Å². The van der Waals surface area contributed by atoms with Crippen LogP contribution in [-0.4, -0.2) is 26.9 Å². The third-order valence-electron chi connectivity index (χ3n) is 5.23. The number of esters is 1. The maximum Gasteiger partial charge on any atom is 0.350 e. The van der Waals surface area contributed by atoms with Gasteiger partial charge in [-0.05, 0) is 61.9 Å². The first-order chi connectivity index (χ1) is 17.3. The zero-order valence-corrected chi connectivity index (χ0v) is 21.3. The smallest absolute Gasteiger partial charge is 0.350 e. The van der Waals surface area contributed by atoms with Gasteiger partial charge in [0.25, 0.3) is 15.9 Å². The Morgan fingerprint density at radius 3 is 2.22 bits per heavy atom. The number of amides is 1. The quantitative estimate of drug-likeness (QED) is 0.280. The van der Waals surface area contributed by atoms with E-state index in [1.54, 1.807) is 25.1 Å². The number of thiophene rings is 1. The van der Waals surface area contributed by atoms with Gasteiger partial charge in [-0.25, -0.2) is 13.2 Å². The summed E-state index contributed by atoms with van der Waals surface area (Å²) in [5.74, 6) is -0.952. The van der Waals surface area contributed by atoms with Crippen molar-refractivity contribution < 1.29 is 22.7 Å². The second-order valence-electron chi connectivity index (χ2n) is 7.89. The van der Waals surface area contributed by atoms with Crippen molar-refractivity contribution in [3.63, 3.8) is 0 Å². The molecule has 184 valence electrons. The van der Waals surface area contributed by atoms with Gasteiger partial charge in [-0.3, -0.25) is 9.52 Å². The first kappa shape index (κ1) is 25.2. The van der Waals surface area contributed by atoms with Crippen LogP contribution in [0.2, 0.25) is 0 Å². The van der Waals surface area contributed by atoms with Crippen LogP contribution in [0.3, 0.4) is 0 Å². The van der Waals surface area contributed by atoms with Crippen molar-refractivity contribution in [2.45, 2.75) is 18.7 Å². The molecule has 9 heteroatoms. The number of carbonyl (C=O) groups excluding carboxylic acids is 2. The Labute approximate surface area is 213 Å². The molecule has 1 heterocycles. The summed E-state index contributed by atoms with van der Waals surface area (Å²) in [7, 11) is -3.76. The molecule has 1 aromatic heterocycles. The summed E-state index contributed by atoms with van der Waals surface area (Å²) in [6, 6.07) is 23.8. The van der Waals surface area contributed by atoms with E-state index in [1.165, 1.54) is 47.7 Å². The SMILES string of the molecule is CCOC(=O)c1sc(-c2ccccc2)cc1NC(=O)c1ccc(NS(=O)(=O)c2ccc(C)cc2)cc1. The highest BCUT2D eigenvalue weighted by atomic mass is 32.2. The maximum absolute atomic E-state index is 12.9. The first-order valence-electron chi connectivity index (χ1n) is 11.1. The van der Waals surface area contributed by atoms with Crippen LogP contribution in [0, 0.1) is 6.92 Å². The number of ether oxygens (including phenoxy) is 1. The molecule has 0 fully saturated rings. The molecule has 36 heavy (non-hydrogen) atoms. The largest absolute Gasteiger partial charge is 0.462 e. The van der Waals surface area contributed by atoms with E-state index >= 15 is 0 Å². The normalized spacial score (nSPS) is 11.1. The molecule has 0 aliphatic rings. The van der Waals surface area contributed by atoms with Gasteiger partial charge < -0.3 is 10.1 Å². The topological polar surface area (TPSA) is 102 Å². The molecule has 0 saturated heterocycles. The molecular formula is C27H24N2O5S2. The Bertz CT molecular complexity index is 1480. The lowest BCUT2D eigenvalue weighted by atomic mass is 10.1. The summed E-state index contributed by atoms with van der Waals surface area (Å²) in [4.78, 5) is 26.7. The van der Waals surface area contributed by atoms with E-state index in [-0.39, 0.29) is 11.5 Å². The van der Waals surface area contributed by atoms with Crippen LogP contribution in [0.4, 0.5) is 11.4 Å². The highest BCUT2D eigenvalue weighted by Crippen LogP contribution is 2.35. The van der Waals surface area contributed by atoms with Crippen LogP contribution in [-0.2, 0) is 14.8 Å². The molecule has 0 aliphatic heterocycles. The van der Waals surface area contributed by atoms with Crippen LogP contribution in [0.5, 0.6) is 0 Å². The molecule has 0 atom stereocenters. The van der Waals surface area contributed by atoms with E-state index in [0.29, 0.717) is 21.8 Å². The van der Waals surface area contributed by atoms with Crippen molar-refractivity contribution in [2.24, 2.45) is 0 Å². The predicted molar refractivity (Wildman–Crippen MR) is 142 cm³/mol. The molecule has 0 unspecified atom stereocenters. The van der Waals surface area contributed by atoms with E-state index in [2.05, 4.69) is 10.0 Å². The van der Waals surface area contributed by atoms with Gasteiger partial charge in [-0.1, -0.05) is 48.0 Å². The Balaban J connectivity index is 1.52. The van der Waals surface area contributed by atoms with Gasteiger partial charge >= 0.3 is 5.97 Å². The van der Waals surface area contributed by atoms with Crippen LogP contribution in [0.25, 0.3) is 10.4 Å². The number of rotatable bonds is 8. The van der Waals surface area contributed by atoms with Gasteiger partial charge in [0.15, 0.2) is 0 Å². The summed E-state index contributed by atoms with van der Waals surface area (Å²) in [5, 5.41) is 2.79. The molecule has 1 amide bonds. The minimum atomic E-state index is -3.76. The van der Waals surface area contributed by atoms with Crippen molar-refractivity contribution in [3.05, 3.63) is 101 Å². The van der Waals surface area contributed by atoms with Crippen molar-refractivity contribution in [3.8, 4) is 10.4 Å². The van der Waals surface area contributed by atoms with Crippen molar-refractivity contribution in [1.29, 1.82) is 0 Å². The fourth-order valence-electron chi connectivity index (χ4n) is 3.39. The molecule has 0 saturated carbocycles. The van der Waals surface area contributed by atoms with Crippen molar-refractivity contribution in [1.82, 2.24) is 0 Å². The highest BCUT2D eigenvalue weighted by molar-refractivity contribution is 7.92. The fraction of sp³-hybridized carbons (Fsp3) is 0.111. The van der Waals surface area contributed by atoms with Crippen molar-refractivity contribution >= 4 is 44.6 Å². The lowest BCUT2D eigenvalue weighted by Gasteiger charge is -2.10. The highest BCUT2D eigenvalue weighted by Gasteiger charge is 2.21. The molecule has 0 radical (unpaired) electrons. The molecule has 3 aromatic carbocycles. The van der Waals surface area contributed by atoms with Gasteiger partial charge in [-0.2, -0.15) is 0 Å². The van der Waals surface area contributed by atoms with Crippen LogP contribution < -0.4 is 10.0 Å². The molecule has 0 bridgehead atoms. The number of aryl methyl sites for hydroxylation is 1. The monoisotopic (exact) mass is 520 g/mol. The van der Waals surface area contributed by atoms with Gasteiger partial charge in [0, 0.05) is 16.1 Å². The third-order valence-corrected chi connectivity index (χ3v) is 7.79. The van der Waals surface area contributed by atoms with E-state index in [4.69, 9.17) is 4.74 Å². The Morgan fingerprint density at radius 2 is 1.58 bits per heavy atom. The molecular weight excluding hydrogens is 496 g/mol. The Morgan fingerprint density at radius 1 is 0.917 bits per heavy atom. The van der Waals surface area contributed by atoms with Gasteiger partial charge in [0.1, 0.15) is 4.88 Å². The number of nitrogens with one attached hydrogen (secondary N) is 2. The molecule has 0 aliphatic carbocycles. The van der Waals surface area contributed by atoms with E-state index in [9.17, 15) is 18.0 Å². The zero-order valence-electron chi connectivity index (χ0n) is 19.6. The van der Waals surface area contributed by atoms with Crippen LogP contribution >= 0.6 is 11.3 Å². The lowest BCUT2D eigenvalue weighted by molar-refractivity contribution is 0.0533. The lowest BCUT2D eigenvalue weighted by Crippen LogP contribution is -2.15. The summed E-state index contributed by atoms with van der Waals surface area (Å²) in [5.41, 5.74) is 2.85. The Hall–Kier alpha value is -3.95. The predicted octanol–water partition coefficient (Wildman–Crippen LogP) is 5.95. The second-order valence-corrected chi connectivity index (χ2v) is 10.6. The number of sulfonamides is 1. The zero-order chi connectivity index (χ0) is 25.7. The minimum Gasteiger partial charge on any atom is -0.462 e. The average Bonchev–Trinajstić information content (AvgIpc) is 3.29. The molecule has 7 nitrogen and oxygen atoms in total. The average molecular weight is 521 g/mol. The summed E-state index contributed by atoms with van der Waals surface area (Å²) < 4.78 is 32.9.